The number of alkyl halides is 3. The molecule has 1 aromatic carbocycles. The van der Waals surface area contributed by atoms with Crippen molar-refractivity contribution < 1.29 is 17.6 Å². The quantitative estimate of drug-likeness (QED) is 0.899. The molecule has 0 aliphatic heterocycles. The number of halogens is 3. The van der Waals surface area contributed by atoms with Gasteiger partial charge >= 0.3 is 6.18 Å². The van der Waals surface area contributed by atoms with E-state index in [4.69, 9.17) is 10.2 Å². The summed E-state index contributed by atoms with van der Waals surface area (Å²) in [4.78, 5) is 0. The van der Waals surface area contributed by atoms with Crippen molar-refractivity contribution in [1.29, 1.82) is 0 Å². The molecule has 100 valence electrons. The minimum absolute atomic E-state index is 0.112. The van der Waals surface area contributed by atoms with Crippen molar-refractivity contribution >= 4 is 0 Å². The molecule has 2 aromatic rings. The van der Waals surface area contributed by atoms with Gasteiger partial charge in [-0.3, -0.25) is 0 Å². The van der Waals surface area contributed by atoms with E-state index in [0.29, 0.717) is 11.3 Å². The van der Waals surface area contributed by atoms with Crippen molar-refractivity contribution in [2.24, 2.45) is 5.73 Å². The van der Waals surface area contributed by atoms with Crippen molar-refractivity contribution in [3.63, 3.8) is 0 Å². The van der Waals surface area contributed by atoms with Crippen molar-refractivity contribution in [1.82, 2.24) is 0 Å². The Morgan fingerprint density at radius 2 is 1.89 bits per heavy atom. The highest BCUT2D eigenvalue weighted by Gasteiger charge is 2.37. The topological polar surface area (TPSA) is 39.2 Å². The summed E-state index contributed by atoms with van der Waals surface area (Å²) in [6.07, 6.45) is -3.47. The maximum atomic E-state index is 12.6. The van der Waals surface area contributed by atoms with Crippen LogP contribution in [-0.4, -0.2) is 6.04 Å². The Morgan fingerprint density at radius 3 is 2.53 bits per heavy atom. The SMILES string of the molecule is N[C@@H]1C[C@@H]1c1ccc(-c2cccc(C(F)(F)F)c2)o1. The number of furan rings is 1. The average Bonchev–Trinajstić information content (AvgIpc) is 2.91. The van der Waals surface area contributed by atoms with Gasteiger partial charge in [0.15, 0.2) is 0 Å². The molecule has 5 heteroatoms. The van der Waals surface area contributed by atoms with Crippen LogP contribution in [0.5, 0.6) is 0 Å². The summed E-state index contributed by atoms with van der Waals surface area (Å²) in [5.74, 6) is 1.40. The molecule has 1 aromatic heterocycles. The Morgan fingerprint density at radius 1 is 1.16 bits per heavy atom. The van der Waals surface area contributed by atoms with Crippen molar-refractivity contribution in [2.75, 3.05) is 0 Å². The normalized spacial score (nSPS) is 22.5. The fourth-order valence-electron chi connectivity index (χ4n) is 2.10. The summed E-state index contributed by atoms with van der Waals surface area (Å²) in [5, 5.41) is 0. The lowest BCUT2D eigenvalue weighted by Crippen LogP contribution is -2.04. The van der Waals surface area contributed by atoms with Crippen LogP contribution in [0.1, 0.15) is 23.7 Å². The Labute approximate surface area is 108 Å². The molecule has 1 aliphatic rings. The Kier molecular flexibility index (Phi) is 2.67. The zero-order chi connectivity index (χ0) is 13.6. The van der Waals surface area contributed by atoms with E-state index in [1.54, 1.807) is 18.2 Å². The van der Waals surface area contributed by atoms with Gasteiger partial charge in [0.25, 0.3) is 0 Å². The molecule has 0 amide bonds. The van der Waals surface area contributed by atoms with Gasteiger partial charge in [0.2, 0.25) is 0 Å². The molecular weight excluding hydrogens is 255 g/mol. The largest absolute Gasteiger partial charge is 0.461 e. The summed E-state index contributed by atoms with van der Waals surface area (Å²) in [6, 6.07) is 8.71. The molecule has 0 bridgehead atoms. The smallest absolute Gasteiger partial charge is 0.416 e. The van der Waals surface area contributed by atoms with E-state index in [1.807, 2.05) is 0 Å². The standard InChI is InChI=1S/C14H12F3NO/c15-14(16,17)9-3-1-2-8(6-9)12-4-5-13(19-12)10-7-11(10)18/h1-6,10-11H,7,18H2/t10-,11+/m0/s1. The molecule has 0 saturated heterocycles. The van der Waals surface area contributed by atoms with Crippen LogP contribution in [0.3, 0.4) is 0 Å². The first kappa shape index (κ1) is 12.3. The van der Waals surface area contributed by atoms with Crippen LogP contribution in [0.4, 0.5) is 13.2 Å². The summed E-state index contributed by atoms with van der Waals surface area (Å²) < 4.78 is 43.5. The van der Waals surface area contributed by atoms with Gasteiger partial charge in [0, 0.05) is 17.5 Å². The summed E-state index contributed by atoms with van der Waals surface area (Å²) in [7, 11) is 0. The average molecular weight is 267 g/mol. The van der Waals surface area contributed by atoms with Crippen LogP contribution >= 0.6 is 0 Å². The fourth-order valence-corrected chi connectivity index (χ4v) is 2.10. The van der Waals surface area contributed by atoms with E-state index >= 15 is 0 Å². The van der Waals surface area contributed by atoms with Crippen molar-refractivity contribution in [2.45, 2.75) is 24.6 Å². The number of rotatable bonds is 2. The van der Waals surface area contributed by atoms with Gasteiger partial charge in [-0.15, -0.1) is 0 Å². The van der Waals surface area contributed by atoms with Crippen LogP contribution in [0.2, 0.25) is 0 Å². The third kappa shape index (κ3) is 2.38. The second kappa shape index (κ2) is 4.13. The minimum Gasteiger partial charge on any atom is -0.461 e. The molecule has 19 heavy (non-hydrogen) atoms. The second-order valence-electron chi connectivity index (χ2n) is 4.79. The summed E-state index contributed by atoms with van der Waals surface area (Å²) >= 11 is 0. The molecule has 3 rings (SSSR count). The maximum Gasteiger partial charge on any atom is 0.416 e. The van der Waals surface area contributed by atoms with Gasteiger partial charge in [0.05, 0.1) is 5.56 Å². The van der Waals surface area contributed by atoms with Gasteiger partial charge in [-0.25, -0.2) is 0 Å². The highest BCUT2D eigenvalue weighted by atomic mass is 19.4. The lowest BCUT2D eigenvalue weighted by Gasteiger charge is -2.07. The zero-order valence-corrected chi connectivity index (χ0v) is 9.95. The predicted octanol–water partition coefficient (Wildman–Crippen LogP) is 3.78. The molecule has 0 unspecified atom stereocenters. The van der Waals surface area contributed by atoms with Gasteiger partial charge in [-0.05, 0) is 30.7 Å². The zero-order valence-electron chi connectivity index (χ0n) is 9.95. The maximum absolute atomic E-state index is 12.6. The van der Waals surface area contributed by atoms with Crippen molar-refractivity contribution in [3.05, 3.63) is 47.7 Å². The van der Waals surface area contributed by atoms with Crippen LogP contribution < -0.4 is 5.73 Å². The Bertz CT molecular complexity index is 603. The van der Waals surface area contributed by atoms with Gasteiger partial charge < -0.3 is 10.2 Å². The molecule has 1 saturated carbocycles. The Hall–Kier alpha value is -1.75. The van der Waals surface area contributed by atoms with E-state index in [-0.39, 0.29) is 12.0 Å². The molecule has 2 N–H and O–H groups in total. The van der Waals surface area contributed by atoms with Crippen molar-refractivity contribution in [3.8, 4) is 11.3 Å². The predicted molar refractivity (Wildman–Crippen MR) is 64.5 cm³/mol. The van der Waals surface area contributed by atoms with Crippen LogP contribution in [0, 0.1) is 0 Å². The van der Waals surface area contributed by atoms with Gasteiger partial charge in [0.1, 0.15) is 11.5 Å². The minimum atomic E-state index is -4.34. The van der Waals surface area contributed by atoms with Gasteiger partial charge in [-0.2, -0.15) is 13.2 Å². The van der Waals surface area contributed by atoms with E-state index < -0.39 is 11.7 Å². The molecule has 2 atom stereocenters. The van der Waals surface area contributed by atoms with E-state index in [9.17, 15) is 13.2 Å². The third-order valence-electron chi connectivity index (χ3n) is 3.31. The molecule has 0 radical (unpaired) electrons. The molecule has 1 heterocycles. The highest BCUT2D eigenvalue weighted by Crippen LogP contribution is 2.41. The van der Waals surface area contributed by atoms with E-state index in [1.165, 1.54) is 6.07 Å². The number of benzene rings is 1. The second-order valence-corrected chi connectivity index (χ2v) is 4.79. The van der Waals surface area contributed by atoms with Crippen LogP contribution in [-0.2, 0) is 6.18 Å². The summed E-state index contributed by atoms with van der Waals surface area (Å²) in [5.41, 5.74) is 5.47. The van der Waals surface area contributed by atoms with E-state index in [2.05, 4.69) is 0 Å². The molecule has 1 fully saturated rings. The number of nitrogens with two attached hydrogens (primary N) is 1. The van der Waals surface area contributed by atoms with Crippen LogP contribution in [0.15, 0.2) is 40.8 Å². The highest BCUT2D eigenvalue weighted by molar-refractivity contribution is 5.59. The van der Waals surface area contributed by atoms with Crippen LogP contribution in [0.25, 0.3) is 11.3 Å². The molecular formula is C14H12F3NO. The molecule has 0 spiro atoms. The lowest BCUT2D eigenvalue weighted by atomic mass is 10.1. The third-order valence-corrected chi connectivity index (χ3v) is 3.31. The van der Waals surface area contributed by atoms with Gasteiger partial charge in [-0.1, -0.05) is 12.1 Å². The lowest BCUT2D eigenvalue weighted by molar-refractivity contribution is -0.137. The number of hydrogen-bond donors (Lipinski definition) is 1. The monoisotopic (exact) mass is 267 g/mol. The first-order valence-electron chi connectivity index (χ1n) is 5.98. The molecule has 1 aliphatic carbocycles. The van der Waals surface area contributed by atoms with E-state index in [0.717, 1.165) is 24.3 Å². The Balaban J connectivity index is 1.91. The molecule has 2 nitrogen and oxygen atoms in total. The summed E-state index contributed by atoms with van der Waals surface area (Å²) in [6.45, 7) is 0. The first-order chi connectivity index (χ1) is 8.95. The number of hydrogen-bond acceptors (Lipinski definition) is 2. The first-order valence-corrected chi connectivity index (χ1v) is 5.98. The fraction of sp³-hybridized carbons (Fsp3) is 0.286.